The van der Waals surface area contributed by atoms with Gasteiger partial charge in [0.15, 0.2) is 0 Å². The van der Waals surface area contributed by atoms with Crippen LogP contribution in [0.1, 0.15) is 44.6 Å². The van der Waals surface area contributed by atoms with Crippen LogP contribution in [0.2, 0.25) is 5.02 Å². The van der Waals surface area contributed by atoms with Crippen molar-refractivity contribution in [1.82, 2.24) is 9.55 Å². The highest BCUT2D eigenvalue weighted by Gasteiger charge is 2.20. The summed E-state index contributed by atoms with van der Waals surface area (Å²) in [6.45, 7) is 0. The molecule has 0 bridgehead atoms. The lowest BCUT2D eigenvalue weighted by Crippen LogP contribution is -2.11. The monoisotopic (exact) mass is 263 g/mol. The van der Waals surface area contributed by atoms with Gasteiger partial charge in [0.25, 0.3) is 0 Å². The molecule has 0 spiro atoms. The van der Waals surface area contributed by atoms with E-state index in [1.54, 1.807) is 0 Å². The second kappa shape index (κ2) is 4.81. The molecule has 2 aromatic rings. The first kappa shape index (κ1) is 11.8. The molecule has 0 saturated heterocycles. The highest BCUT2D eigenvalue weighted by molar-refractivity contribution is 6.35. The predicted octanol–water partition coefficient (Wildman–Crippen LogP) is 4.17. The SMILES string of the molecule is Nc1nc2c(Cl)cccc2n1C1CCCCCC1. The van der Waals surface area contributed by atoms with Crippen molar-refractivity contribution >= 4 is 28.6 Å². The minimum atomic E-state index is 0.482. The van der Waals surface area contributed by atoms with Crippen molar-refractivity contribution in [3.05, 3.63) is 23.2 Å². The number of hydrogen-bond donors (Lipinski definition) is 1. The number of nitrogens with zero attached hydrogens (tertiary/aromatic N) is 2. The van der Waals surface area contributed by atoms with Crippen LogP contribution in [0.15, 0.2) is 18.2 Å². The lowest BCUT2D eigenvalue weighted by Gasteiger charge is -2.18. The van der Waals surface area contributed by atoms with Gasteiger partial charge in [-0.05, 0) is 25.0 Å². The number of fused-ring (bicyclic) bond motifs is 1. The average molecular weight is 264 g/mol. The van der Waals surface area contributed by atoms with Gasteiger partial charge in [0.1, 0.15) is 5.52 Å². The van der Waals surface area contributed by atoms with Crippen LogP contribution in [0.5, 0.6) is 0 Å². The molecule has 96 valence electrons. The first-order valence-corrected chi connectivity index (χ1v) is 7.07. The molecular formula is C14H18ClN3. The predicted molar refractivity (Wildman–Crippen MR) is 75.9 cm³/mol. The topological polar surface area (TPSA) is 43.8 Å². The van der Waals surface area contributed by atoms with Gasteiger partial charge in [-0.2, -0.15) is 0 Å². The Morgan fingerprint density at radius 2 is 1.89 bits per heavy atom. The molecule has 0 amide bonds. The zero-order chi connectivity index (χ0) is 12.5. The summed E-state index contributed by atoms with van der Waals surface area (Å²) in [5.41, 5.74) is 8.01. The van der Waals surface area contributed by atoms with Crippen molar-refractivity contribution in [1.29, 1.82) is 0 Å². The Morgan fingerprint density at radius 1 is 1.17 bits per heavy atom. The van der Waals surface area contributed by atoms with Gasteiger partial charge in [-0.15, -0.1) is 0 Å². The van der Waals surface area contributed by atoms with Crippen LogP contribution in [0.25, 0.3) is 11.0 Å². The summed E-state index contributed by atoms with van der Waals surface area (Å²) in [5.74, 6) is 0.602. The normalized spacial score (nSPS) is 18.1. The van der Waals surface area contributed by atoms with Crippen molar-refractivity contribution in [3.8, 4) is 0 Å². The van der Waals surface area contributed by atoms with Crippen molar-refractivity contribution < 1.29 is 0 Å². The Labute approximate surface area is 112 Å². The molecule has 0 aliphatic heterocycles. The van der Waals surface area contributed by atoms with E-state index in [0.717, 1.165) is 11.0 Å². The molecule has 4 heteroatoms. The number of nitrogens with two attached hydrogens (primary N) is 1. The number of anilines is 1. The van der Waals surface area contributed by atoms with Gasteiger partial charge in [0.05, 0.1) is 10.5 Å². The molecule has 1 saturated carbocycles. The number of nitrogen functional groups attached to an aromatic ring is 1. The molecule has 0 atom stereocenters. The number of halogens is 1. The van der Waals surface area contributed by atoms with Gasteiger partial charge < -0.3 is 10.3 Å². The van der Waals surface area contributed by atoms with Crippen LogP contribution < -0.4 is 5.73 Å². The minimum Gasteiger partial charge on any atom is -0.369 e. The fourth-order valence-corrected chi connectivity index (χ4v) is 3.21. The molecule has 1 aliphatic carbocycles. The van der Waals surface area contributed by atoms with E-state index in [2.05, 4.69) is 15.6 Å². The summed E-state index contributed by atoms with van der Waals surface area (Å²) in [7, 11) is 0. The molecule has 3 rings (SSSR count). The Hall–Kier alpha value is -1.22. The van der Waals surface area contributed by atoms with Gasteiger partial charge in [-0.25, -0.2) is 4.98 Å². The molecule has 1 aromatic heterocycles. The van der Waals surface area contributed by atoms with E-state index in [0.29, 0.717) is 17.0 Å². The number of aromatic nitrogens is 2. The molecule has 1 heterocycles. The lowest BCUT2D eigenvalue weighted by molar-refractivity contribution is 0.459. The molecule has 1 fully saturated rings. The van der Waals surface area contributed by atoms with Crippen molar-refractivity contribution in [2.45, 2.75) is 44.6 Å². The molecule has 0 radical (unpaired) electrons. The number of benzene rings is 1. The van der Waals surface area contributed by atoms with Crippen LogP contribution in [-0.2, 0) is 0 Å². The molecular weight excluding hydrogens is 246 g/mol. The highest BCUT2D eigenvalue weighted by Crippen LogP contribution is 2.34. The summed E-state index contributed by atoms with van der Waals surface area (Å²) in [6, 6.07) is 6.39. The average Bonchev–Trinajstić information content (AvgIpc) is 2.54. The third-order valence-corrected chi connectivity index (χ3v) is 4.19. The van der Waals surface area contributed by atoms with E-state index >= 15 is 0 Å². The quantitative estimate of drug-likeness (QED) is 0.785. The van der Waals surface area contributed by atoms with E-state index in [9.17, 15) is 0 Å². The smallest absolute Gasteiger partial charge is 0.201 e. The molecule has 0 unspecified atom stereocenters. The maximum Gasteiger partial charge on any atom is 0.201 e. The van der Waals surface area contributed by atoms with E-state index in [1.165, 1.54) is 38.5 Å². The lowest BCUT2D eigenvalue weighted by atomic mass is 10.1. The molecule has 3 nitrogen and oxygen atoms in total. The highest BCUT2D eigenvalue weighted by atomic mass is 35.5. The maximum atomic E-state index is 6.18. The van der Waals surface area contributed by atoms with Crippen LogP contribution in [-0.4, -0.2) is 9.55 Å². The van der Waals surface area contributed by atoms with Crippen molar-refractivity contribution in [3.63, 3.8) is 0 Å². The summed E-state index contributed by atoms with van der Waals surface area (Å²) in [5, 5.41) is 0.687. The van der Waals surface area contributed by atoms with Gasteiger partial charge in [0, 0.05) is 6.04 Å². The summed E-state index contributed by atoms with van der Waals surface area (Å²) >= 11 is 6.18. The summed E-state index contributed by atoms with van der Waals surface area (Å²) in [6.07, 6.45) is 7.63. The maximum absolute atomic E-state index is 6.18. The second-order valence-electron chi connectivity index (χ2n) is 5.09. The number of hydrogen-bond acceptors (Lipinski definition) is 2. The number of para-hydroxylation sites is 1. The molecule has 1 aliphatic rings. The van der Waals surface area contributed by atoms with E-state index in [-0.39, 0.29) is 0 Å². The first-order chi connectivity index (χ1) is 8.77. The van der Waals surface area contributed by atoms with Crippen LogP contribution in [0.4, 0.5) is 5.95 Å². The standard InChI is InChI=1S/C14H18ClN3/c15-11-8-5-9-12-13(11)17-14(16)18(12)10-6-3-1-2-4-7-10/h5,8-10H,1-4,6-7H2,(H2,16,17). The third-order valence-electron chi connectivity index (χ3n) is 3.89. The van der Waals surface area contributed by atoms with Gasteiger partial charge in [0.2, 0.25) is 5.95 Å². The molecule has 18 heavy (non-hydrogen) atoms. The zero-order valence-corrected chi connectivity index (χ0v) is 11.2. The Balaban J connectivity index is 2.10. The molecule has 1 aromatic carbocycles. The number of imidazole rings is 1. The van der Waals surface area contributed by atoms with Crippen LogP contribution >= 0.6 is 11.6 Å². The van der Waals surface area contributed by atoms with Crippen molar-refractivity contribution in [2.75, 3.05) is 5.73 Å². The summed E-state index contributed by atoms with van der Waals surface area (Å²) in [4.78, 5) is 4.43. The second-order valence-corrected chi connectivity index (χ2v) is 5.50. The van der Waals surface area contributed by atoms with E-state index in [4.69, 9.17) is 17.3 Å². The van der Waals surface area contributed by atoms with Crippen LogP contribution in [0.3, 0.4) is 0 Å². The van der Waals surface area contributed by atoms with Crippen LogP contribution in [0, 0.1) is 0 Å². The fraction of sp³-hybridized carbons (Fsp3) is 0.500. The summed E-state index contributed by atoms with van der Waals surface area (Å²) < 4.78 is 2.19. The van der Waals surface area contributed by atoms with E-state index < -0.39 is 0 Å². The van der Waals surface area contributed by atoms with Gasteiger partial charge in [-0.1, -0.05) is 43.4 Å². The Morgan fingerprint density at radius 3 is 2.61 bits per heavy atom. The van der Waals surface area contributed by atoms with Gasteiger partial charge >= 0.3 is 0 Å². The minimum absolute atomic E-state index is 0.482. The van der Waals surface area contributed by atoms with Gasteiger partial charge in [-0.3, -0.25) is 0 Å². The zero-order valence-electron chi connectivity index (χ0n) is 10.4. The molecule has 2 N–H and O–H groups in total. The first-order valence-electron chi connectivity index (χ1n) is 6.69. The van der Waals surface area contributed by atoms with E-state index in [1.807, 2.05) is 12.1 Å². The van der Waals surface area contributed by atoms with Crippen molar-refractivity contribution in [2.24, 2.45) is 0 Å². The Kier molecular flexibility index (Phi) is 3.16. The largest absolute Gasteiger partial charge is 0.369 e. The number of rotatable bonds is 1. The fourth-order valence-electron chi connectivity index (χ4n) is 3.00. The Bertz CT molecular complexity index is 553. The third kappa shape index (κ3) is 1.97.